The van der Waals surface area contributed by atoms with E-state index >= 15 is 0 Å². The van der Waals surface area contributed by atoms with E-state index in [4.69, 9.17) is 5.11 Å². The van der Waals surface area contributed by atoms with Crippen LogP contribution in [0.2, 0.25) is 0 Å². The molecule has 0 amide bonds. The summed E-state index contributed by atoms with van der Waals surface area (Å²) in [6.07, 6.45) is -8.48. The Balaban J connectivity index is 3.29. The van der Waals surface area contributed by atoms with E-state index in [1.54, 1.807) is 0 Å². The Morgan fingerprint density at radius 1 is 1.47 bits per heavy atom. The highest BCUT2D eigenvalue weighted by atomic mass is 19.4. The molecule has 0 saturated carbocycles. The van der Waals surface area contributed by atoms with Crippen LogP contribution in [0.5, 0.6) is 5.75 Å². The fourth-order valence-electron chi connectivity index (χ4n) is 1.43. The van der Waals surface area contributed by atoms with Gasteiger partial charge in [0.05, 0.1) is 12.6 Å². The number of pyridine rings is 1. The van der Waals surface area contributed by atoms with Gasteiger partial charge >= 0.3 is 12.3 Å². The summed E-state index contributed by atoms with van der Waals surface area (Å²) in [4.78, 5) is 13.7. The number of alkyl halides is 5. The Morgan fingerprint density at radius 3 is 2.47 bits per heavy atom. The first kappa shape index (κ1) is 15.1. The molecule has 0 aliphatic carbocycles. The summed E-state index contributed by atoms with van der Waals surface area (Å²) in [6.45, 7) is 1.06. The van der Waals surface area contributed by atoms with Crippen molar-refractivity contribution < 1.29 is 36.6 Å². The Hall–Kier alpha value is -1.93. The highest BCUT2D eigenvalue weighted by Crippen LogP contribution is 2.32. The van der Waals surface area contributed by atoms with Gasteiger partial charge in [0.1, 0.15) is 5.69 Å². The second kappa shape index (κ2) is 5.37. The lowest BCUT2D eigenvalue weighted by Gasteiger charge is -2.15. The van der Waals surface area contributed by atoms with Gasteiger partial charge in [0, 0.05) is 0 Å². The highest BCUT2D eigenvalue weighted by Gasteiger charge is 2.33. The van der Waals surface area contributed by atoms with Crippen LogP contribution in [0.25, 0.3) is 0 Å². The molecule has 1 aromatic heterocycles. The molecule has 0 aliphatic rings. The number of hydrogen-bond donors (Lipinski definition) is 1. The minimum absolute atomic E-state index is 0.329. The van der Waals surface area contributed by atoms with Gasteiger partial charge < -0.3 is 9.84 Å². The topological polar surface area (TPSA) is 59.4 Å². The summed E-state index contributed by atoms with van der Waals surface area (Å²) in [6, 6.07) is 0. The monoisotopic (exact) mass is 285 g/mol. The van der Waals surface area contributed by atoms with E-state index < -0.39 is 42.2 Å². The minimum Gasteiger partial charge on any atom is -0.481 e. The number of rotatable bonds is 4. The van der Waals surface area contributed by atoms with Crippen molar-refractivity contribution >= 4 is 5.97 Å². The average Bonchev–Trinajstić information content (AvgIpc) is 2.21. The quantitative estimate of drug-likeness (QED) is 0.864. The second-order valence-electron chi connectivity index (χ2n) is 3.53. The third-order valence-corrected chi connectivity index (χ3v) is 2.21. The Kier molecular flexibility index (Phi) is 4.28. The number of carboxylic acids is 1. The van der Waals surface area contributed by atoms with Crippen molar-refractivity contribution in [2.24, 2.45) is 0 Å². The first-order valence-electron chi connectivity index (χ1n) is 4.86. The van der Waals surface area contributed by atoms with Gasteiger partial charge in [-0.05, 0) is 18.1 Å². The normalized spacial score (nSPS) is 11.7. The standard InChI is InChI=1S/C10H8F5NO3/c1-4-5(2-7(17)18)8(9(11)12)16-3-6(4)19-10(13,14)15/h3,9H,2H2,1H3,(H,17,18). The van der Waals surface area contributed by atoms with E-state index in [0.717, 1.165) is 6.92 Å². The lowest BCUT2D eigenvalue weighted by molar-refractivity contribution is -0.275. The maximum absolute atomic E-state index is 12.6. The zero-order chi connectivity index (χ0) is 14.8. The maximum Gasteiger partial charge on any atom is 0.573 e. The Labute approximate surface area is 103 Å². The smallest absolute Gasteiger partial charge is 0.481 e. The number of ether oxygens (including phenoxy) is 1. The first-order chi connectivity index (χ1) is 8.61. The maximum atomic E-state index is 12.6. The summed E-state index contributed by atoms with van der Waals surface area (Å²) in [5.41, 5.74) is -1.68. The van der Waals surface area contributed by atoms with Crippen LogP contribution in [0.15, 0.2) is 6.20 Å². The first-order valence-corrected chi connectivity index (χ1v) is 4.86. The summed E-state index contributed by atoms with van der Waals surface area (Å²) in [7, 11) is 0. The van der Waals surface area contributed by atoms with Crippen LogP contribution in [-0.4, -0.2) is 22.4 Å². The molecule has 0 unspecified atom stereocenters. The van der Waals surface area contributed by atoms with Crippen molar-refractivity contribution in [3.05, 3.63) is 23.0 Å². The molecule has 0 aliphatic heterocycles. The van der Waals surface area contributed by atoms with Gasteiger partial charge in [-0.1, -0.05) is 0 Å². The van der Waals surface area contributed by atoms with Crippen LogP contribution in [0.4, 0.5) is 22.0 Å². The minimum atomic E-state index is -5.01. The fraction of sp³-hybridized carbons (Fsp3) is 0.400. The Morgan fingerprint density at radius 2 is 2.05 bits per heavy atom. The van der Waals surface area contributed by atoms with Crippen LogP contribution in [0.3, 0.4) is 0 Å². The number of hydrogen-bond acceptors (Lipinski definition) is 3. The van der Waals surface area contributed by atoms with Crippen molar-refractivity contribution in [1.82, 2.24) is 4.98 Å². The van der Waals surface area contributed by atoms with Gasteiger partial charge in [0.15, 0.2) is 5.75 Å². The van der Waals surface area contributed by atoms with Crippen LogP contribution in [0, 0.1) is 6.92 Å². The molecule has 4 nitrogen and oxygen atoms in total. The lowest BCUT2D eigenvalue weighted by Crippen LogP contribution is -2.19. The largest absolute Gasteiger partial charge is 0.573 e. The van der Waals surface area contributed by atoms with Gasteiger partial charge in [-0.2, -0.15) is 0 Å². The average molecular weight is 285 g/mol. The molecular weight excluding hydrogens is 277 g/mol. The van der Waals surface area contributed by atoms with Gasteiger partial charge in [0.25, 0.3) is 6.43 Å². The zero-order valence-electron chi connectivity index (χ0n) is 9.46. The van der Waals surface area contributed by atoms with Gasteiger partial charge in [-0.15, -0.1) is 13.2 Å². The summed E-state index contributed by atoms with van der Waals surface area (Å²) < 4.78 is 65.0. The van der Waals surface area contributed by atoms with Crippen molar-refractivity contribution in [2.75, 3.05) is 0 Å². The molecule has 1 rings (SSSR count). The molecule has 19 heavy (non-hydrogen) atoms. The number of carboxylic acid groups (broad SMARTS) is 1. The molecule has 1 aromatic rings. The third-order valence-electron chi connectivity index (χ3n) is 2.21. The molecule has 1 heterocycles. The molecule has 0 bridgehead atoms. The third kappa shape index (κ3) is 4.04. The molecule has 1 N–H and O–H groups in total. The zero-order valence-corrected chi connectivity index (χ0v) is 9.46. The predicted molar refractivity (Wildman–Crippen MR) is 52.0 cm³/mol. The van der Waals surface area contributed by atoms with Crippen LogP contribution >= 0.6 is 0 Å². The van der Waals surface area contributed by atoms with E-state index in [0.29, 0.717) is 6.20 Å². The molecule has 106 valence electrons. The van der Waals surface area contributed by atoms with Crippen molar-refractivity contribution in [3.8, 4) is 5.75 Å². The SMILES string of the molecule is Cc1c(OC(F)(F)F)cnc(C(F)F)c1CC(=O)O. The molecule has 0 fully saturated rings. The second-order valence-corrected chi connectivity index (χ2v) is 3.53. The van der Waals surface area contributed by atoms with Crippen LogP contribution < -0.4 is 4.74 Å². The van der Waals surface area contributed by atoms with Gasteiger partial charge in [0.2, 0.25) is 0 Å². The number of carbonyl (C=O) groups is 1. The van der Waals surface area contributed by atoms with Crippen molar-refractivity contribution in [3.63, 3.8) is 0 Å². The van der Waals surface area contributed by atoms with E-state index in [-0.39, 0.29) is 5.56 Å². The number of aromatic nitrogens is 1. The van der Waals surface area contributed by atoms with E-state index in [1.807, 2.05) is 0 Å². The van der Waals surface area contributed by atoms with E-state index in [9.17, 15) is 26.7 Å². The molecule has 0 aromatic carbocycles. The molecule has 0 radical (unpaired) electrons. The summed E-state index contributed by atoms with van der Waals surface area (Å²) in [5, 5.41) is 8.59. The number of aliphatic carboxylic acids is 1. The summed E-state index contributed by atoms with van der Waals surface area (Å²) >= 11 is 0. The van der Waals surface area contributed by atoms with Gasteiger partial charge in [-0.25, -0.2) is 8.78 Å². The fourth-order valence-corrected chi connectivity index (χ4v) is 1.43. The van der Waals surface area contributed by atoms with Crippen LogP contribution in [0.1, 0.15) is 23.2 Å². The Bertz CT molecular complexity index is 487. The number of halogens is 5. The highest BCUT2D eigenvalue weighted by molar-refractivity contribution is 5.71. The van der Waals surface area contributed by atoms with E-state index in [2.05, 4.69) is 9.72 Å². The lowest BCUT2D eigenvalue weighted by atomic mass is 10.0. The van der Waals surface area contributed by atoms with E-state index in [1.165, 1.54) is 0 Å². The molecule has 0 saturated heterocycles. The van der Waals surface area contributed by atoms with Crippen molar-refractivity contribution in [1.29, 1.82) is 0 Å². The molecular formula is C10H8F5NO3. The van der Waals surface area contributed by atoms with Crippen molar-refractivity contribution in [2.45, 2.75) is 26.1 Å². The van der Waals surface area contributed by atoms with Crippen LogP contribution in [-0.2, 0) is 11.2 Å². The number of nitrogens with zero attached hydrogens (tertiary/aromatic N) is 1. The van der Waals surface area contributed by atoms with Gasteiger partial charge in [-0.3, -0.25) is 9.78 Å². The molecule has 0 atom stereocenters. The summed E-state index contributed by atoms with van der Waals surface area (Å²) in [5.74, 6) is -2.26. The molecule has 9 heteroatoms. The predicted octanol–water partition coefficient (Wildman–Crippen LogP) is 2.85. The molecule has 0 spiro atoms.